The molecule has 0 radical (unpaired) electrons. The Kier molecular flexibility index (Phi) is 4.40. The molecule has 16 heavy (non-hydrogen) atoms. The molecule has 0 saturated heterocycles. The number of carbonyl (C=O) groups is 1. The van der Waals surface area contributed by atoms with Crippen LogP contribution in [0.2, 0.25) is 0 Å². The Morgan fingerprint density at radius 1 is 1.25 bits per heavy atom. The predicted octanol–water partition coefficient (Wildman–Crippen LogP) is 2.68. The molecular weight excluding hydrogens is 214 g/mol. The van der Waals surface area contributed by atoms with Crippen LogP contribution < -0.4 is 0 Å². The lowest BCUT2D eigenvalue weighted by atomic mass is 9.95. The van der Waals surface area contributed by atoms with E-state index in [1.165, 1.54) is 6.92 Å². The van der Waals surface area contributed by atoms with Crippen LogP contribution >= 0.6 is 0 Å². The van der Waals surface area contributed by atoms with Crippen molar-refractivity contribution in [1.29, 1.82) is 0 Å². The van der Waals surface area contributed by atoms with E-state index in [2.05, 4.69) is 0 Å². The van der Waals surface area contributed by atoms with Crippen LogP contribution in [0.1, 0.15) is 12.5 Å². The van der Waals surface area contributed by atoms with E-state index in [0.29, 0.717) is 0 Å². The number of rotatable bonds is 5. The Hall–Kier alpha value is -1.45. The fourth-order valence-electron chi connectivity index (χ4n) is 1.04. The minimum atomic E-state index is -1.67. The normalized spacial score (nSPS) is 11.2. The van der Waals surface area contributed by atoms with Crippen molar-refractivity contribution in [3.05, 3.63) is 35.9 Å². The molecule has 1 aromatic rings. The molecule has 0 saturated carbocycles. The molecule has 0 unspecified atom stereocenters. The van der Waals surface area contributed by atoms with E-state index >= 15 is 0 Å². The van der Waals surface area contributed by atoms with Gasteiger partial charge in [0.1, 0.15) is 25.4 Å². The van der Waals surface area contributed by atoms with Gasteiger partial charge >= 0.3 is 5.97 Å². The van der Waals surface area contributed by atoms with Crippen molar-refractivity contribution in [2.75, 3.05) is 13.3 Å². The summed E-state index contributed by atoms with van der Waals surface area (Å²) >= 11 is 0. The van der Waals surface area contributed by atoms with Gasteiger partial charge in [-0.05, 0) is 12.5 Å². The Bertz CT molecular complexity index is 334. The van der Waals surface area contributed by atoms with Crippen LogP contribution in [0.15, 0.2) is 30.3 Å². The molecule has 0 aliphatic heterocycles. The van der Waals surface area contributed by atoms with E-state index in [1.54, 1.807) is 24.3 Å². The van der Waals surface area contributed by atoms with Crippen LogP contribution in [0.5, 0.6) is 0 Å². The van der Waals surface area contributed by atoms with E-state index in [1.807, 2.05) is 6.07 Å². The highest BCUT2D eigenvalue weighted by molar-refractivity contribution is 5.76. The number of carbonyl (C=O) groups excluding carboxylic acids is 1. The summed E-state index contributed by atoms with van der Waals surface area (Å²) in [4.78, 5) is 11.4. The molecule has 0 aliphatic carbocycles. The van der Waals surface area contributed by atoms with Gasteiger partial charge in [-0.15, -0.1) is 0 Å². The molecule has 2 nitrogen and oxygen atoms in total. The van der Waals surface area contributed by atoms with Gasteiger partial charge in [0.05, 0.1) is 0 Å². The Morgan fingerprint density at radius 2 is 1.81 bits per heavy atom. The molecule has 0 spiro atoms. The zero-order chi connectivity index (χ0) is 12.0. The maximum atomic E-state index is 12.5. The number of esters is 1. The van der Waals surface area contributed by atoms with Crippen LogP contribution in [-0.4, -0.2) is 19.3 Å². The first-order chi connectivity index (χ1) is 7.62. The number of hydrogen-bond donors (Lipinski definition) is 0. The highest BCUT2D eigenvalue weighted by Gasteiger charge is 2.35. The lowest BCUT2D eigenvalue weighted by Gasteiger charge is -2.20. The van der Waals surface area contributed by atoms with Crippen molar-refractivity contribution in [3.63, 3.8) is 0 Å². The van der Waals surface area contributed by atoms with Crippen LogP contribution in [-0.2, 0) is 16.1 Å². The van der Waals surface area contributed by atoms with Crippen molar-refractivity contribution >= 4 is 5.97 Å². The molecule has 0 N–H and O–H groups in total. The van der Waals surface area contributed by atoms with Gasteiger partial charge in [0, 0.05) is 0 Å². The Balaban J connectivity index is 2.53. The Morgan fingerprint density at radius 3 is 2.31 bits per heavy atom. The average molecular weight is 228 g/mol. The second kappa shape index (κ2) is 5.58. The summed E-state index contributed by atoms with van der Waals surface area (Å²) in [6, 6.07) is 8.98. The van der Waals surface area contributed by atoms with Crippen molar-refractivity contribution in [1.82, 2.24) is 0 Å². The molecule has 0 fully saturated rings. The quantitative estimate of drug-likeness (QED) is 0.724. The zero-order valence-corrected chi connectivity index (χ0v) is 9.08. The second-order valence-electron chi connectivity index (χ2n) is 3.89. The molecule has 0 aromatic heterocycles. The first-order valence-electron chi connectivity index (χ1n) is 4.95. The van der Waals surface area contributed by atoms with Gasteiger partial charge in [0.2, 0.25) is 0 Å². The number of hydrogen-bond acceptors (Lipinski definition) is 2. The monoisotopic (exact) mass is 228 g/mol. The fourth-order valence-corrected chi connectivity index (χ4v) is 1.04. The van der Waals surface area contributed by atoms with Gasteiger partial charge in [0.15, 0.2) is 0 Å². The summed E-state index contributed by atoms with van der Waals surface area (Å²) in [6.07, 6.45) is 0. The third-order valence-corrected chi connectivity index (χ3v) is 2.30. The SMILES string of the molecule is CC(CF)(CF)C(=O)OCc1ccccc1. The summed E-state index contributed by atoms with van der Waals surface area (Å²) in [5.41, 5.74) is -0.884. The summed E-state index contributed by atoms with van der Waals surface area (Å²) in [6.45, 7) is -0.871. The lowest BCUT2D eigenvalue weighted by Crippen LogP contribution is -2.34. The smallest absolute Gasteiger partial charge is 0.317 e. The maximum absolute atomic E-state index is 12.5. The molecule has 0 bridgehead atoms. The number of alkyl halides is 2. The highest BCUT2D eigenvalue weighted by Crippen LogP contribution is 2.20. The Labute approximate surface area is 93.2 Å². The summed E-state index contributed by atoms with van der Waals surface area (Å²) in [7, 11) is 0. The molecule has 1 aromatic carbocycles. The minimum Gasteiger partial charge on any atom is -0.460 e. The molecular formula is C12H14F2O2. The fraction of sp³-hybridized carbons (Fsp3) is 0.417. The van der Waals surface area contributed by atoms with Crippen molar-refractivity contribution in [3.8, 4) is 0 Å². The maximum Gasteiger partial charge on any atom is 0.317 e. The molecule has 88 valence electrons. The van der Waals surface area contributed by atoms with E-state index in [0.717, 1.165) is 5.56 Å². The van der Waals surface area contributed by atoms with Crippen molar-refractivity contribution < 1.29 is 18.3 Å². The van der Waals surface area contributed by atoms with E-state index in [4.69, 9.17) is 4.74 Å². The topological polar surface area (TPSA) is 26.3 Å². The number of benzene rings is 1. The van der Waals surface area contributed by atoms with Crippen molar-refractivity contribution in [2.45, 2.75) is 13.5 Å². The summed E-state index contributed by atoms with van der Waals surface area (Å²) < 4.78 is 29.8. The standard InChI is InChI=1S/C12H14F2O2/c1-12(8-13,9-14)11(15)16-7-10-5-3-2-4-6-10/h2-6H,7-9H2,1H3. The van der Waals surface area contributed by atoms with Gasteiger partial charge < -0.3 is 4.74 Å². The molecule has 4 heteroatoms. The van der Waals surface area contributed by atoms with Crippen LogP contribution in [0, 0.1) is 5.41 Å². The molecule has 0 heterocycles. The molecule has 0 aliphatic rings. The number of halogens is 2. The van der Waals surface area contributed by atoms with Gasteiger partial charge in [0.25, 0.3) is 0 Å². The molecule has 1 rings (SSSR count). The third-order valence-electron chi connectivity index (χ3n) is 2.30. The predicted molar refractivity (Wildman–Crippen MR) is 56.3 cm³/mol. The van der Waals surface area contributed by atoms with E-state index < -0.39 is 24.7 Å². The molecule has 0 atom stereocenters. The molecule has 0 amide bonds. The third kappa shape index (κ3) is 3.02. The van der Waals surface area contributed by atoms with Gasteiger partial charge in [-0.2, -0.15) is 0 Å². The lowest BCUT2D eigenvalue weighted by molar-refractivity contribution is -0.158. The minimum absolute atomic E-state index is 0.0370. The first kappa shape index (κ1) is 12.6. The van der Waals surface area contributed by atoms with Crippen LogP contribution in [0.25, 0.3) is 0 Å². The van der Waals surface area contributed by atoms with Crippen LogP contribution in [0.4, 0.5) is 8.78 Å². The van der Waals surface area contributed by atoms with E-state index in [-0.39, 0.29) is 6.61 Å². The highest BCUT2D eigenvalue weighted by atomic mass is 19.1. The first-order valence-corrected chi connectivity index (χ1v) is 4.95. The van der Waals surface area contributed by atoms with Crippen molar-refractivity contribution in [2.24, 2.45) is 5.41 Å². The largest absolute Gasteiger partial charge is 0.460 e. The average Bonchev–Trinajstić information content (AvgIpc) is 2.36. The van der Waals surface area contributed by atoms with E-state index in [9.17, 15) is 13.6 Å². The van der Waals surface area contributed by atoms with Gasteiger partial charge in [-0.3, -0.25) is 4.79 Å². The summed E-state index contributed by atoms with van der Waals surface area (Å²) in [5.74, 6) is -0.846. The van der Waals surface area contributed by atoms with Crippen LogP contribution in [0.3, 0.4) is 0 Å². The van der Waals surface area contributed by atoms with Gasteiger partial charge in [-0.1, -0.05) is 30.3 Å². The number of ether oxygens (including phenoxy) is 1. The zero-order valence-electron chi connectivity index (χ0n) is 9.08. The summed E-state index contributed by atoms with van der Waals surface area (Å²) in [5, 5.41) is 0. The van der Waals surface area contributed by atoms with Gasteiger partial charge in [-0.25, -0.2) is 8.78 Å². The second-order valence-corrected chi connectivity index (χ2v) is 3.89.